The summed E-state index contributed by atoms with van der Waals surface area (Å²) in [4.78, 5) is 0. The van der Waals surface area contributed by atoms with Crippen LogP contribution >= 0.6 is 0 Å². The van der Waals surface area contributed by atoms with E-state index in [-0.39, 0.29) is 5.75 Å². The maximum atomic E-state index is 12.6. The summed E-state index contributed by atoms with van der Waals surface area (Å²) in [6.07, 6.45) is 3.34. The van der Waals surface area contributed by atoms with E-state index in [1.54, 1.807) is 12.2 Å². The molecule has 2 nitrogen and oxygen atoms in total. The van der Waals surface area contributed by atoms with Crippen LogP contribution in [0.25, 0.3) is 6.08 Å². The number of hydrogen-bond acceptors (Lipinski definition) is 2. The Kier molecular flexibility index (Phi) is 2.82. The summed E-state index contributed by atoms with van der Waals surface area (Å²) in [5.74, 6) is -0.529. The quantitative estimate of drug-likeness (QED) is 0.701. The minimum absolute atomic E-state index is 0.0772. The molecule has 1 aromatic rings. The minimum atomic E-state index is -0.452. The summed E-state index contributed by atoms with van der Waals surface area (Å²) in [7, 11) is 0. The highest BCUT2D eigenvalue weighted by Gasteiger charge is 1.95. The third-order valence-electron chi connectivity index (χ3n) is 1.35. The Morgan fingerprint density at radius 3 is 2.75 bits per heavy atom. The van der Waals surface area contributed by atoms with Crippen molar-refractivity contribution in [3.63, 3.8) is 0 Å². The van der Waals surface area contributed by atoms with Gasteiger partial charge in [0.25, 0.3) is 0 Å². The second-order valence-corrected chi connectivity index (χ2v) is 2.38. The van der Waals surface area contributed by atoms with Crippen LogP contribution in [0.5, 0.6) is 5.75 Å². The molecule has 1 aromatic carbocycles. The van der Waals surface area contributed by atoms with Crippen LogP contribution in [0.4, 0.5) is 4.39 Å². The largest absolute Gasteiger partial charge is 0.508 e. The molecule has 0 aromatic heterocycles. The van der Waals surface area contributed by atoms with Crippen LogP contribution in [0, 0.1) is 5.82 Å². The predicted molar refractivity (Wildman–Crippen MR) is 46.2 cm³/mol. The monoisotopic (exact) mass is 167 g/mol. The zero-order valence-corrected chi connectivity index (χ0v) is 6.50. The normalized spacial score (nSPS) is 10.8. The summed E-state index contributed by atoms with van der Waals surface area (Å²) in [5.41, 5.74) is 5.82. The van der Waals surface area contributed by atoms with Gasteiger partial charge in [-0.1, -0.05) is 12.2 Å². The standard InChI is InChI=1S/C9H10FNO/c10-8-4-7(2-1-3-11)5-9(12)6-8/h1-2,4-6,12H,3,11H2. The van der Waals surface area contributed by atoms with E-state index in [2.05, 4.69) is 0 Å². The molecule has 1 rings (SSSR count). The van der Waals surface area contributed by atoms with E-state index in [4.69, 9.17) is 10.8 Å². The number of aromatic hydroxyl groups is 1. The van der Waals surface area contributed by atoms with Gasteiger partial charge in [0.1, 0.15) is 11.6 Å². The highest BCUT2D eigenvalue weighted by atomic mass is 19.1. The Morgan fingerprint density at radius 1 is 1.42 bits per heavy atom. The SMILES string of the molecule is NCC=Cc1cc(O)cc(F)c1. The Bertz CT molecular complexity index is 276. The second-order valence-electron chi connectivity index (χ2n) is 2.38. The summed E-state index contributed by atoms with van der Waals surface area (Å²) in [6, 6.07) is 3.85. The van der Waals surface area contributed by atoms with Gasteiger partial charge in [0.15, 0.2) is 0 Å². The zero-order valence-electron chi connectivity index (χ0n) is 6.50. The first-order valence-corrected chi connectivity index (χ1v) is 3.58. The fourth-order valence-corrected chi connectivity index (χ4v) is 0.897. The van der Waals surface area contributed by atoms with Crippen molar-refractivity contribution in [1.29, 1.82) is 0 Å². The number of phenols is 1. The van der Waals surface area contributed by atoms with Gasteiger partial charge in [0, 0.05) is 12.6 Å². The average Bonchev–Trinajstić information content (AvgIpc) is 1.99. The molecule has 0 atom stereocenters. The summed E-state index contributed by atoms with van der Waals surface area (Å²) in [5, 5.41) is 8.99. The number of halogens is 1. The van der Waals surface area contributed by atoms with Crippen LogP contribution in [0.15, 0.2) is 24.3 Å². The van der Waals surface area contributed by atoms with Crippen molar-refractivity contribution in [1.82, 2.24) is 0 Å². The first kappa shape index (κ1) is 8.74. The van der Waals surface area contributed by atoms with Crippen molar-refractivity contribution in [2.75, 3.05) is 6.54 Å². The third kappa shape index (κ3) is 2.36. The van der Waals surface area contributed by atoms with Crippen molar-refractivity contribution in [2.24, 2.45) is 5.73 Å². The second kappa shape index (κ2) is 3.88. The van der Waals surface area contributed by atoms with Gasteiger partial charge in [-0.25, -0.2) is 4.39 Å². The Labute approximate surface area is 70.1 Å². The van der Waals surface area contributed by atoms with Crippen LogP contribution in [-0.4, -0.2) is 11.7 Å². The lowest BCUT2D eigenvalue weighted by atomic mass is 10.2. The van der Waals surface area contributed by atoms with Crippen molar-refractivity contribution in [3.8, 4) is 5.75 Å². The van der Waals surface area contributed by atoms with Gasteiger partial charge in [0.2, 0.25) is 0 Å². The zero-order chi connectivity index (χ0) is 8.97. The van der Waals surface area contributed by atoms with Crippen LogP contribution in [0.2, 0.25) is 0 Å². The number of hydrogen-bond donors (Lipinski definition) is 2. The summed E-state index contributed by atoms with van der Waals surface area (Å²) in [6.45, 7) is 0.400. The van der Waals surface area contributed by atoms with Crippen LogP contribution < -0.4 is 5.73 Å². The molecule has 0 spiro atoms. The van der Waals surface area contributed by atoms with Gasteiger partial charge >= 0.3 is 0 Å². The van der Waals surface area contributed by atoms with Gasteiger partial charge in [-0.15, -0.1) is 0 Å². The van der Waals surface area contributed by atoms with Crippen LogP contribution in [0.3, 0.4) is 0 Å². The molecule has 0 amide bonds. The molecule has 3 heteroatoms. The molecule has 64 valence electrons. The van der Waals surface area contributed by atoms with Crippen molar-refractivity contribution in [2.45, 2.75) is 0 Å². The molecule has 0 heterocycles. The molecule has 0 bridgehead atoms. The fraction of sp³-hybridized carbons (Fsp3) is 0.111. The molecule has 0 unspecified atom stereocenters. The predicted octanol–water partition coefficient (Wildman–Crippen LogP) is 1.50. The Balaban J connectivity index is 2.93. The fourth-order valence-electron chi connectivity index (χ4n) is 0.897. The summed E-state index contributed by atoms with van der Waals surface area (Å²) < 4.78 is 12.6. The molecule has 0 fully saturated rings. The molecule has 12 heavy (non-hydrogen) atoms. The molecule has 0 aliphatic carbocycles. The van der Waals surface area contributed by atoms with Gasteiger partial charge in [-0.3, -0.25) is 0 Å². The molecule has 0 saturated heterocycles. The molecule has 3 N–H and O–H groups in total. The maximum Gasteiger partial charge on any atom is 0.127 e. The van der Waals surface area contributed by atoms with E-state index < -0.39 is 5.82 Å². The highest BCUT2D eigenvalue weighted by molar-refractivity contribution is 5.51. The van der Waals surface area contributed by atoms with Crippen molar-refractivity contribution >= 4 is 6.08 Å². The van der Waals surface area contributed by atoms with Gasteiger partial charge < -0.3 is 10.8 Å². The molecule has 0 radical (unpaired) electrons. The van der Waals surface area contributed by atoms with Crippen molar-refractivity contribution < 1.29 is 9.50 Å². The molecular formula is C9H10FNO. The highest BCUT2D eigenvalue weighted by Crippen LogP contribution is 2.15. The lowest BCUT2D eigenvalue weighted by molar-refractivity contribution is 0.469. The van der Waals surface area contributed by atoms with E-state index in [9.17, 15) is 4.39 Å². The third-order valence-corrected chi connectivity index (χ3v) is 1.35. The number of benzene rings is 1. The number of rotatable bonds is 2. The van der Waals surface area contributed by atoms with Gasteiger partial charge in [-0.2, -0.15) is 0 Å². The minimum Gasteiger partial charge on any atom is -0.508 e. The Hall–Kier alpha value is -1.35. The maximum absolute atomic E-state index is 12.6. The smallest absolute Gasteiger partial charge is 0.127 e. The first-order chi connectivity index (χ1) is 5.72. The summed E-state index contributed by atoms with van der Waals surface area (Å²) >= 11 is 0. The lowest BCUT2D eigenvalue weighted by Gasteiger charge is -1.95. The van der Waals surface area contributed by atoms with E-state index in [1.165, 1.54) is 12.1 Å². The molecule has 0 aliphatic rings. The average molecular weight is 167 g/mol. The van der Waals surface area contributed by atoms with E-state index in [1.807, 2.05) is 0 Å². The van der Waals surface area contributed by atoms with Crippen LogP contribution in [0.1, 0.15) is 5.56 Å². The van der Waals surface area contributed by atoms with Crippen molar-refractivity contribution in [3.05, 3.63) is 35.7 Å². The molecule has 0 aliphatic heterocycles. The topological polar surface area (TPSA) is 46.2 Å². The van der Waals surface area contributed by atoms with E-state index in [0.29, 0.717) is 12.1 Å². The van der Waals surface area contributed by atoms with E-state index >= 15 is 0 Å². The van der Waals surface area contributed by atoms with Gasteiger partial charge in [0.05, 0.1) is 0 Å². The molecule has 0 saturated carbocycles. The first-order valence-electron chi connectivity index (χ1n) is 3.58. The van der Waals surface area contributed by atoms with Gasteiger partial charge in [-0.05, 0) is 17.7 Å². The van der Waals surface area contributed by atoms with Crippen LogP contribution in [-0.2, 0) is 0 Å². The Morgan fingerprint density at radius 2 is 2.17 bits per heavy atom. The molecular weight excluding hydrogens is 157 g/mol. The number of nitrogens with two attached hydrogens (primary N) is 1. The number of phenolic OH excluding ortho intramolecular Hbond substituents is 1. The lowest BCUT2D eigenvalue weighted by Crippen LogP contribution is -1.91. The van der Waals surface area contributed by atoms with E-state index in [0.717, 1.165) is 6.07 Å².